The topological polar surface area (TPSA) is 78.8 Å². The maximum absolute atomic E-state index is 13.1. The minimum atomic E-state index is -3.96. The molecule has 0 bridgehead atoms. The molecule has 0 radical (unpaired) electrons. The Morgan fingerprint density at radius 2 is 1.71 bits per heavy atom. The Bertz CT molecular complexity index is 1050. The predicted molar refractivity (Wildman–Crippen MR) is 105 cm³/mol. The SMILES string of the molecule is CC1=NS(=O)(=O)N(Cc2ccc(F)cc2)C=C1C(=O)NCc1ccc(Cl)cc1. The average Bonchev–Trinajstić information content (AvgIpc) is 2.64. The Morgan fingerprint density at radius 3 is 2.36 bits per heavy atom. The van der Waals surface area contributed by atoms with E-state index >= 15 is 0 Å². The van der Waals surface area contributed by atoms with Crippen molar-refractivity contribution in [1.82, 2.24) is 9.62 Å². The van der Waals surface area contributed by atoms with Crippen LogP contribution >= 0.6 is 11.6 Å². The molecule has 0 saturated carbocycles. The highest BCUT2D eigenvalue weighted by atomic mass is 35.5. The monoisotopic (exact) mass is 421 g/mol. The zero-order chi connectivity index (χ0) is 20.3. The van der Waals surface area contributed by atoms with Crippen LogP contribution in [0.3, 0.4) is 0 Å². The van der Waals surface area contributed by atoms with Gasteiger partial charge in [0.2, 0.25) is 0 Å². The number of amides is 1. The maximum Gasteiger partial charge on any atom is 0.344 e. The second-order valence-electron chi connectivity index (χ2n) is 6.18. The van der Waals surface area contributed by atoms with Crippen molar-refractivity contribution >= 4 is 33.4 Å². The van der Waals surface area contributed by atoms with Gasteiger partial charge < -0.3 is 5.32 Å². The number of hydrogen-bond acceptors (Lipinski definition) is 3. The van der Waals surface area contributed by atoms with Gasteiger partial charge in [0.15, 0.2) is 0 Å². The molecule has 0 atom stereocenters. The van der Waals surface area contributed by atoms with Gasteiger partial charge in [0.1, 0.15) is 5.82 Å². The third kappa shape index (κ3) is 4.76. The van der Waals surface area contributed by atoms with Crippen molar-refractivity contribution in [2.24, 2.45) is 4.40 Å². The predicted octanol–water partition coefficient (Wildman–Crippen LogP) is 3.20. The largest absolute Gasteiger partial charge is 0.348 e. The van der Waals surface area contributed by atoms with Gasteiger partial charge in [-0.1, -0.05) is 35.9 Å². The van der Waals surface area contributed by atoms with E-state index in [9.17, 15) is 17.6 Å². The van der Waals surface area contributed by atoms with Crippen molar-refractivity contribution in [3.63, 3.8) is 0 Å². The summed E-state index contributed by atoms with van der Waals surface area (Å²) < 4.78 is 42.3. The van der Waals surface area contributed by atoms with Crippen LogP contribution in [-0.4, -0.2) is 24.3 Å². The van der Waals surface area contributed by atoms with Crippen LogP contribution in [0.25, 0.3) is 0 Å². The number of benzene rings is 2. The molecule has 146 valence electrons. The second-order valence-corrected chi connectivity index (χ2v) is 8.16. The molecule has 9 heteroatoms. The van der Waals surface area contributed by atoms with E-state index < -0.39 is 21.9 Å². The lowest BCUT2D eigenvalue weighted by atomic mass is 10.1. The number of nitrogens with zero attached hydrogens (tertiary/aromatic N) is 2. The first-order valence-corrected chi connectivity index (χ1v) is 10.1. The number of rotatable bonds is 5. The Morgan fingerprint density at radius 1 is 1.11 bits per heavy atom. The molecule has 1 amide bonds. The molecule has 6 nitrogen and oxygen atoms in total. The maximum atomic E-state index is 13.1. The van der Waals surface area contributed by atoms with Gasteiger partial charge in [0.25, 0.3) is 5.91 Å². The molecular formula is C19H17ClFN3O3S. The number of hydrogen-bond donors (Lipinski definition) is 1. The Kier molecular flexibility index (Phi) is 5.81. The van der Waals surface area contributed by atoms with E-state index in [-0.39, 0.29) is 24.4 Å². The lowest BCUT2D eigenvalue weighted by Crippen LogP contribution is -2.35. The highest BCUT2D eigenvalue weighted by molar-refractivity contribution is 7.88. The van der Waals surface area contributed by atoms with Crippen LogP contribution in [0.4, 0.5) is 4.39 Å². The molecule has 0 saturated heterocycles. The first kappa shape index (κ1) is 20.0. The Balaban J connectivity index is 1.77. The first-order valence-electron chi connectivity index (χ1n) is 8.32. The summed E-state index contributed by atoms with van der Waals surface area (Å²) in [5, 5.41) is 3.33. The van der Waals surface area contributed by atoms with Gasteiger partial charge in [0.05, 0.1) is 17.8 Å². The molecule has 1 aliphatic rings. The molecule has 28 heavy (non-hydrogen) atoms. The molecule has 2 aromatic carbocycles. The molecule has 1 N–H and O–H groups in total. The molecule has 0 aromatic heterocycles. The summed E-state index contributed by atoms with van der Waals surface area (Å²) in [6, 6.07) is 12.4. The van der Waals surface area contributed by atoms with E-state index in [0.717, 1.165) is 9.87 Å². The zero-order valence-electron chi connectivity index (χ0n) is 14.9. The fraction of sp³-hybridized carbons (Fsp3) is 0.158. The van der Waals surface area contributed by atoms with Crippen LogP contribution in [0.2, 0.25) is 5.02 Å². The highest BCUT2D eigenvalue weighted by Crippen LogP contribution is 2.20. The minimum Gasteiger partial charge on any atom is -0.348 e. The fourth-order valence-electron chi connectivity index (χ4n) is 2.58. The van der Waals surface area contributed by atoms with Crippen LogP contribution in [0.15, 0.2) is 64.7 Å². The third-order valence-electron chi connectivity index (χ3n) is 4.07. The summed E-state index contributed by atoms with van der Waals surface area (Å²) in [5.74, 6) is -0.868. The molecular weight excluding hydrogens is 405 g/mol. The molecule has 0 fully saturated rings. The van der Waals surface area contributed by atoms with Crippen LogP contribution < -0.4 is 5.32 Å². The first-order chi connectivity index (χ1) is 13.2. The molecule has 0 unspecified atom stereocenters. The van der Waals surface area contributed by atoms with Crippen molar-refractivity contribution < 1.29 is 17.6 Å². The molecule has 0 spiro atoms. The van der Waals surface area contributed by atoms with Crippen molar-refractivity contribution in [3.8, 4) is 0 Å². The van der Waals surface area contributed by atoms with Gasteiger partial charge in [-0.25, -0.2) is 4.39 Å². The van der Waals surface area contributed by atoms with Crippen molar-refractivity contribution in [2.75, 3.05) is 0 Å². The summed E-state index contributed by atoms with van der Waals surface area (Å²) >= 11 is 5.84. The quantitative estimate of drug-likeness (QED) is 0.805. The standard InChI is InChI=1S/C19H17ClFN3O3S/c1-13-18(19(25)22-10-14-2-6-16(20)7-3-14)12-24(28(26,27)23-13)11-15-4-8-17(21)9-5-15/h2-9,12H,10-11H2,1H3,(H,22,25). The van der Waals surface area contributed by atoms with Crippen LogP contribution in [0.5, 0.6) is 0 Å². The lowest BCUT2D eigenvalue weighted by Gasteiger charge is -2.23. The summed E-state index contributed by atoms with van der Waals surface area (Å²) in [7, 11) is -3.96. The number of carbonyl (C=O) groups excluding carboxylic acids is 1. The molecule has 1 heterocycles. The van der Waals surface area contributed by atoms with Gasteiger partial charge in [-0.2, -0.15) is 8.42 Å². The summed E-state index contributed by atoms with van der Waals surface area (Å²) in [6.07, 6.45) is 1.25. The van der Waals surface area contributed by atoms with E-state index in [4.69, 9.17) is 11.6 Å². The molecule has 2 aromatic rings. The van der Waals surface area contributed by atoms with Crippen LogP contribution in [0, 0.1) is 5.82 Å². The zero-order valence-corrected chi connectivity index (χ0v) is 16.5. The Hall–Kier alpha value is -2.71. The van der Waals surface area contributed by atoms with Crippen molar-refractivity contribution in [1.29, 1.82) is 0 Å². The highest BCUT2D eigenvalue weighted by Gasteiger charge is 2.28. The average molecular weight is 422 g/mol. The van der Waals surface area contributed by atoms with Gasteiger partial charge in [-0.3, -0.25) is 9.10 Å². The van der Waals surface area contributed by atoms with Gasteiger partial charge in [-0.15, -0.1) is 4.40 Å². The van der Waals surface area contributed by atoms with Crippen molar-refractivity contribution in [3.05, 3.63) is 82.3 Å². The van der Waals surface area contributed by atoms with Crippen LogP contribution in [-0.2, 0) is 28.1 Å². The third-order valence-corrected chi connectivity index (χ3v) is 5.66. The summed E-state index contributed by atoms with van der Waals surface area (Å²) in [5.41, 5.74) is 1.66. The molecule has 3 rings (SSSR count). The number of nitrogens with one attached hydrogen (secondary N) is 1. The Labute approximate surface area is 167 Å². The van der Waals surface area contributed by atoms with E-state index in [1.54, 1.807) is 24.3 Å². The van der Waals surface area contributed by atoms with E-state index in [2.05, 4.69) is 9.71 Å². The van der Waals surface area contributed by atoms with E-state index in [0.29, 0.717) is 10.6 Å². The van der Waals surface area contributed by atoms with Crippen LogP contribution in [0.1, 0.15) is 18.1 Å². The summed E-state index contributed by atoms with van der Waals surface area (Å²) in [6.45, 7) is 1.65. The second kappa shape index (κ2) is 8.12. The van der Waals surface area contributed by atoms with Gasteiger partial charge in [-0.05, 0) is 42.3 Å². The van der Waals surface area contributed by atoms with E-state index in [1.807, 2.05) is 0 Å². The van der Waals surface area contributed by atoms with E-state index in [1.165, 1.54) is 37.4 Å². The normalized spacial score (nSPS) is 15.6. The van der Waals surface area contributed by atoms with Gasteiger partial charge >= 0.3 is 10.2 Å². The minimum absolute atomic E-state index is 0.0621. The number of halogens is 2. The number of carbonyl (C=O) groups is 1. The smallest absolute Gasteiger partial charge is 0.344 e. The summed E-state index contributed by atoms with van der Waals surface area (Å²) in [4.78, 5) is 12.5. The van der Waals surface area contributed by atoms with Gasteiger partial charge in [0, 0.05) is 17.8 Å². The lowest BCUT2D eigenvalue weighted by molar-refractivity contribution is -0.117. The van der Waals surface area contributed by atoms with Crippen molar-refractivity contribution in [2.45, 2.75) is 20.0 Å². The fourth-order valence-corrected chi connectivity index (χ4v) is 3.80. The molecule has 0 aliphatic carbocycles. The molecule has 1 aliphatic heterocycles.